The van der Waals surface area contributed by atoms with Crippen LogP contribution in [0.15, 0.2) is 30.3 Å². The molecule has 1 rings (SSSR count). The number of carboxylic acid groups (broad SMARTS) is 1. The minimum absolute atomic E-state index is 0.161. The first-order valence-corrected chi connectivity index (χ1v) is 11.7. The topological polar surface area (TPSA) is 66.8 Å². The summed E-state index contributed by atoms with van der Waals surface area (Å²) in [7, 11) is 0. The fourth-order valence-electron chi connectivity index (χ4n) is 3.63. The van der Waals surface area contributed by atoms with Crippen LogP contribution in [-0.4, -0.2) is 28.4 Å². The quantitative estimate of drug-likeness (QED) is 0.257. The van der Waals surface area contributed by atoms with Crippen molar-refractivity contribution in [2.75, 3.05) is 0 Å². The number of aliphatic carboxylic acids is 1. The molecule has 4 heteroatoms. The molecule has 0 aliphatic carbocycles. The number of unbranched alkanes of at least 4 members (excludes halogenated alkanes) is 6. The predicted octanol–water partition coefficient (Wildman–Crippen LogP) is 6.50. The van der Waals surface area contributed by atoms with E-state index in [-0.39, 0.29) is 18.6 Å². The number of hydrogen-bond donors (Lipinski definition) is 2. The third kappa shape index (κ3) is 15.2. The zero-order valence-electron chi connectivity index (χ0n) is 18.4. The Morgan fingerprint density at radius 2 is 1.45 bits per heavy atom. The summed E-state index contributed by atoms with van der Waals surface area (Å²) < 4.78 is 6.18. The molecule has 2 atom stereocenters. The molecule has 4 nitrogen and oxygen atoms in total. The molecular weight excluding hydrogens is 364 g/mol. The number of aliphatic hydroxyl groups is 1. The number of benzene rings is 1. The molecule has 29 heavy (non-hydrogen) atoms. The highest BCUT2D eigenvalue weighted by atomic mass is 16.5. The monoisotopic (exact) mass is 406 g/mol. The molecule has 0 aliphatic rings. The maximum atomic E-state index is 10.6. The van der Waals surface area contributed by atoms with Gasteiger partial charge in [0, 0.05) is 6.42 Å². The molecule has 0 spiro atoms. The van der Waals surface area contributed by atoms with E-state index in [0.717, 1.165) is 64.2 Å². The number of ether oxygens (including phenoxy) is 1. The van der Waals surface area contributed by atoms with Crippen LogP contribution in [-0.2, 0) is 16.1 Å². The summed E-state index contributed by atoms with van der Waals surface area (Å²) in [4.78, 5) is 10.6. The third-order valence-corrected chi connectivity index (χ3v) is 5.45. The van der Waals surface area contributed by atoms with E-state index in [1.54, 1.807) is 0 Å². The van der Waals surface area contributed by atoms with Crippen molar-refractivity contribution in [3.05, 3.63) is 35.9 Å². The number of rotatable bonds is 19. The Hall–Kier alpha value is -1.39. The van der Waals surface area contributed by atoms with Crippen molar-refractivity contribution in [2.24, 2.45) is 0 Å². The van der Waals surface area contributed by atoms with E-state index in [2.05, 4.69) is 19.1 Å². The molecule has 0 aromatic heterocycles. The molecule has 166 valence electrons. The molecule has 0 aliphatic heterocycles. The average molecular weight is 407 g/mol. The average Bonchev–Trinajstić information content (AvgIpc) is 2.72. The molecule has 0 radical (unpaired) electrons. The van der Waals surface area contributed by atoms with Crippen molar-refractivity contribution in [1.29, 1.82) is 0 Å². The Morgan fingerprint density at radius 3 is 2.10 bits per heavy atom. The smallest absolute Gasteiger partial charge is 0.303 e. The van der Waals surface area contributed by atoms with Crippen molar-refractivity contribution in [1.82, 2.24) is 0 Å². The highest BCUT2D eigenvalue weighted by molar-refractivity contribution is 5.66. The van der Waals surface area contributed by atoms with Gasteiger partial charge in [-0.2, -0.15) is 0 Å². The van der Waals surface area contributed by atoms with Crippen LogP contribution in [0.2, 0.25) is 0 Å². The molecule has 0 saturated carbocycles. The van der Waals surface area contributed by atoms with Gasteiger partial charge in [0.15, 0.2) is 0 Å². The molecule has 0 amide bonds. The Morgan fingerprint density at radius 1 is 0.862 bits per heavy atom. The van der Waals surface area contributed by atoms with Crippen molar-refractivity contribution in [2.45, 2.75) is 116 Å². The third-order valence-electron chi connectivity index (χ3n) is 5.45. The van der Waals surface area contributed by atoms with Crippen LogP contribution < -0.4 is 0 Å². The number of carboxylic acids is 1. The lowest BCUT2D eigenvalue weighted by Crippen LogP contribution is -2.14. The Labute approximate surface area is 177 Å². The molecule has 1 aromatic rings. The van der Waals surface area contributed by atoms with Gasteiger partial charge < -0.3 is 14.9 Å². The lowest BCUT2D eigenvalue weighted by Gasteiger charge is -2.19. The summed E-state index contributed by atoms with van der Waals surface area (Å²) >= 11 is 0. The van der Waals surface area contributed by atoms with Crippen LogP contribution in [0.4, 0.5) is 0 Å². The van der Waals surface area contributed by atoms with Gasteiger partial charge in [-0.3, -0.25) is 4.79 Å². The van der Waals surface area contributed by atoms with Gasteiger partial charge in [0.05, 0.1) is 18.8 Å². The Kier molecular flexibility index (Phi) is 15.4. The summed E-state index contributed by atoms with van der Waals surface area (Å²) in [5.41, 5.74) is 1.19. The molecule has 2 N–H and O–H groups in total. The van der Waals surface area contributed by atoms with Gasteiger partial charge >= 0.3 is 5.97 Å². The fraction of sp³-hybridized carbons (Fsp3) is 0.720. The molecule has 0 heterocycles. The highest BCUT2D eigenvalue weighted by Gasteiger charge is 2.11. The van der Waals surface area contributed by atoms with Gasteiger partial charge in [-0.1, -0.05) is 88.6 Å². The molecule has 1 aromatic carbocycles. The minimum Gasteiger partial charge on any atom is -0.481 e. The van der Waals surface area contributed by atoms with E-state index in [4.69, 9.17) is 9.84 Å². The van der Waals surface area contributed by atoms with Gasteiger partial charge in [-0.25, -0.2) is 0 Å². The van der Waals surface area contributed by atoms with E-state index < -0.39 is 5.97 Å². The molecular formula is C25H42O4. The highest BCUT2D eigenvalue weighted by Crippen LogP contribution is 2.18. The summed E-state index contributed by atoms with van der Waals surface area (Å²) in [5.74, 6) is -0.713. The van der Waals surface area contributed by atoms with E-state index in [9.17, 15) is 9.90 Å². The van der Waals surface area contributed by atoms with Gasteiger partial charge in [0.1, 0.15) is 0 Å². The van der Waals surface area contributed by atoms with E-state index >= 15 is 0 Å². The zero-order chi connectivity index (χ0) is 21.2. The molecule has 0 saturated heterocycles. The lowest BCUT2D eigenvalue weighted by molar-refractivity contribution is -0.137. The first kappa shape index (κ1) is 25.6. The first-order valence-electron chi connectivity index (χ1n) is 11.7. The van der Waals surface area contributed by atoms with E-state index in [1.807, 2.05) is 18.2 Å². The second kappa shape index (κ2) is 17.5. The maximum Gasteiger partial charge on any atom is 0.303 e. The van der Waals surface area contributed by atoms with Crippen molar-refractivity contribution >= 4 is 5.97 Å². The van der Waals surface area contributed by atoms with E-state index in [0.29, 0.717) is 6.61 Å². The lowest BCUT2D eigenvalue weighted by atomic mass is 10.0. The number of carbonyl (C=O) groups is 1. The molecule has 0 fully saturated rings. The maximum absolute atomic E-state index is 10.6. The number of hydrogen-bond acceptors (Lipinski definition) is 3. The largest absolute Gasteiger partial charge is 0.481 e. The van der Waals surface area contributed by atoms with Gasteiger partial charge in [-0.05, 0) is 37.7 Å². The Balaban J connectivity index is 2.26. The SMILES string of the molecule is CCCCCCC(O)CCCCC(CCCCCC(=O)O)OCc1ccccc1. The van der Waals surface area contributed by atoms with Gasteiger partial charge in [-0.15, -0.1) is 0 Å². The van der Waals surface area contributed by atoms with E-state index in [1.165, 1.54) is 24.8 Å². The van der Waals surface area contributed by atoms with Gasteiger partial charge in [0.25, 0.3) is 0 Å². The van der Waals surface area contributed by atoms with Gasteiger partial charge in [0.2, 0.25) is 0 Å². The van der Waals surface area contributed by atoms with Crippen LogP contribution in [0.1, 0.15) is 102 Å². The van der Waals surface area contributed by atoms with Crippen LogP contribution >= 0.6 is 0 Å². The van der Waals surface area contributed by atoms with Crippen molar-refractivity contribution in [3.63, 3.8) is 0 Å². The van der Waals surface area contributed by atoms with Crippen molar-refractivity contribution < 1.29 is 19.7 Å². The summed E-state index contributed by atoms with van der Waals surface area (Å²) in [6.07, 6.45) is 13.8. The standard InChI is InChI=1S/C25H42O4/c1-2-3-4-9-16-23(26)17-12-13-19-24(18-10-6-11-20-25(27)28)29-21-22-14-7-5-8-15-22/h5,7-8,14-15,23-24,26H,2-4,6,9-13,16-21H2,1H3,(H,27,28). The fourth-order valence-corrected chi connectivity index (χ4v) is 3.63. The second-order valence-electron chi connectivity index (χ2n) is 8.20. The van der Waals surface area contributed by atoms with Crippen molar-refractivity contribution in [3.8, 4) is 0 Å². The number of aliphatic hydroxyl groups excluding tert-OH is 1. The molecule has 2 unspecified atom stereocenters. The summed E-state index contributed by atoms with van der Waals surface area (Å²) in [6, 6.07) is 10.2. The normalized spacial score (nSPS) is 13.3. The van der Waals surface area contributed by atoms with Crippen LogP contribution in [0, 0.1) is 0 Å². The predicted molar refractivity (Wildman–Crippen MR) is 119 cm³/mol. The summed E-state index contributed by atoms with van der Waals surface area (Å²) in [6.45, 7) is 2.83. The molecule has 0 bridgehead atoms. The Bertz CT molecular complexity index is 503. The minimum atomic E-state index is -0.713. The zero-order valence-corrected chi connectivity index (χ0v) is 18.4. The van der Waals surface area contributed by atoms with Crippen LogP contribution in [0.3, 0.4) is 0 Å². The van der Waals surface area contributed by atoms with Crippen LogP contribution in [0.25, 0.3) is 0 Å². The first-order chi connectivity index (χ1) is 14.1. The summed E-state index contributed by atoms with van der Waals surface area (Å²) in [5, 5.41) is 18.9. The second-order valence-corrected chi connectivity index (χ2v) is 8.20. The van der Waals surface area contributed by atoms with Crippen LogP contribution in [0.5, 0.6) is 0 Å².